The highest BCUT2D eigenvalue weighted by molar-refractivity contribution is 7.99. The number of likely N-dealkylation sites (N-methyl/N-ethyl adjacent to an activating group) is 1. The lowest BCUT2D eigenvalue weighted by Gasteiger charge is -2.10. The van der Waals surface area contributed by atoms with Gasteiger partial charge in [0.1, 0.15) is 0 Å². The molecule has 11 heteroatoms. The quantitative estimate of drug-likeness (QED) is 0.383. The van der Waals surface area contributed by atoms with Crippen LogP contribution < -0.4 is 11.1 Å². The number of benzene rings is 1. The molecule has 0 spiro atoms. The molecule has 1 N–H and O–H groups in total. The summed E-state index contributed by atoms with van der Waals surface area (Å²) in [7, 11) is 3.88. The van der Waals surface area contributed by atoms with Gasteiger partial charge in [-0.3, -0.25) is 13.9 Å². The Morgan fingerprint density at radius 1 is 1.22 bits per heavy atom. The standard InChI is InChI=1S/C21H24N6O4S/c1-4-26-19(17-6-5-11-30-17)23-24-20(26)32-13-18(28)22-14-7-8-16-15(12-14)27(21(29)31-16)10-9-25(2)3/h5-8,11-12H,4,9-10,13H2,1-3H3,(H,22,28). The topological polar surface area (TPSA) is 111 Å². The molecule has 0 saturated carbocycles. The van der Waals surface area contributed by atoms with E-state index in [9.17, 15) is 9.59 Å². The summed E-state index contributed by atoms with van der Waals surface area (Å²) in [5, 5.41) is 11.9. The Morgan fingerprint density at radius 2 is 2.06 bits per heavy atom. The van der Waals surface area contributed by atoms with Gasteiger partial charge in [-0.1, -0.05) is 11.8 Å². The third-order valence-electron chi connectivity index (χ3n) is 4.83. The van der Waals surface area contributed by atoms with Crippen molar-refractivity contribution < 1.29 is 13.6 Å². The second-order valence-corrected chi connectivity index (χ2v) is 8.31. The fourth-order valence-corrected chi connectivity index (χ4v) is 4.05. The van der Waals surface area contributed by atoms with Crippen molar-refractivity contribution in [3.8, 4) is 11.6 Å². The number of aromatic nitrogens is 4. The smallest absolute Gasteiger partial charge is 0.419 e. The molecule has 4 aromatic rings. The molecule has 0 aliphatic rings. The summed E-state index contributed by atoms with van der Waals surface area (Å²) >= 11 is 1.30. The molecule has 32 heavy (non-hydrogen) atoms. The van der Waals surface area contributed by atoms with Gasteiger partial charge in [0.15, 0.2) is 22.3 Å². The van der Waals surface area contributed by atoms with E-state index in [2.05, 4.69) is 15.5 Å². The molecule has 0 bridgehead atoms. The normalized spacial score (nSPS) is 11.5. The van der Waals surface area contributed by atoms with E-state index in [-0.39, 0.29) is 11.7 Å². The Hall–Kier alpha value is -3.31. The maximum Gasteiger partial charge on any atom is 0.419 e. The number of rotatable bonds is 9. The van der Waals surface area contributed by atoms with Gasteiger partial charge in [-0.05, 0) is 51.4 Å². The molecule has 0 saturated heterocycles. The van der Waals surface area contributed by atoms with Gasteiger partial charge in [-0.15, -0.1) is 10.2 Å². The lowest BCUT2D eigenvalue weighted by Crippen LogP contribution is -2.23. The Kier molecular flexibility index (Phi) is 6.47. The number of oxazole rings is 1. The number of fused-ring (bicyclic) bond motifs is 1. The van der Waals surface area contributed by atoms with Crippen molar-refractivity contribution in [3.63, 3.8) is 0 Å². The minimum absolute atomic E-state index is 0.160. The first-order chi connectivity index (χ1) is 15.5. The van der Waals surface area contributed by atoms with E-state index >= 15 is 0 Å². The highest BCUT2D eigenvalue weighted by atomic mass is 32.2. The van der Waals surface area contributed by atoms with Crippen LogP contribution >= 0.6 is 11.8 Å². The number of carbonyl (C=O) groups excluding carboxylic acids is 1. The Labute approximate surface area is 188 Å². The van der Waals surface area contributed by atoms with E-state index in [1.807, 2.05) is 36.6 Å². The fraction of sp³-hybridized carbons (Fsp3) is 0.333. The maximum atomic E-state index is 12.6. The number of carbonyl (C=O) groups is 1. The Morgan fingerprint density at radius 3 is 2.78 bits per heavy atom. The number of hydrogen-bond acceptors (Lipinski definition) is 8. The van der Waals surface area contributed by atoms with E-state index in [1.165, 1.54) is 11.8 Å². The molecule has 3 heterocycles. The molecule has 0 unspecified atom stereocenters. The lowest BCUT2D eigenvalue weighted by atomic mass is 10.2. The average molecular weight is 457 g/mol. The first-order valence-electron chi connectivity index (χ1n) is 10.1. The summed E-state index contributed by atoms with van der Waals surface area (Å²) in [5.74, 6) is 0.816. The molecule has 1 aromatic carbocycles. The summed E-state index contributed by atoms with van der Waals surface area (Å²) in [5.41, 5.74) is 1.73. The molecule has 3 aromatic heterocycles. The molecular formula is C21H24N6O4S. The number of anilines is 1. The van der Waals surface area contributed by atoms with Gasteiger partial charge in [-0.2, -0.15) is 0 Å². The number of furan rings is 1. The highest BCUT2D eigenvalue weighted by Crippen LogP contribution is 2.25. The van der Waals surface area contributed by atoms with Crippen LogP contribution in [0.2, 0.25) is 0 Å². The van der Waals surface area contributed by atoms with Crippen LogP contribution in [0.4, 0.5) is 5.69 Å². The average Bonchev–Trinajstić information content (AvgIpc) is 3.48. The Bertz CT molecular complexity index is 1270. The first-order valence-corrected chi connectivity index (χ1v) is 11.1. The highest BCUT2D eigenvalue weighted by Gasteiger charge is 2.17. The summed E-state index contributed by atoms with van der Waals surface area (Å²) in [6.07, 6.45) is 1.58. The summed E-state index contributed by atoms with van der Waals surface area (Å²) in [6.45, 7) is 3.82. The number of hydrogen-bond donors (Lipinski definition) is 1. The van der Waals surface area contributed by atoms with Gasteiger partial charge in [0, 0.05) is 25.3 Å². The molecule has 0 aliphatic heterocycles. The van der Waals surface area contributed by atoms with Crippen LogP contribution in [0.5, 0.6) is 0 Å². The van der Waals surface area contributed by atoms with E-state index in [4.69, 9.17) is 8.83 Å². The third-order valence-corrected chi connectivity index (χ3v) is 5.80. The van der Waals surface area contributed by atoms with E-state index < -0.39 is 5.76 Å². The molecule has 0 atom stereocenters. The maximum absolute atomic E-state index is 12.6. The van der Waals surface area contributed by atoms with Crippen molar-refractivity contribution in [2.24, 2.45) is 0 Å². The summed E-state index contributed by atoms with van der Waals surface area (Å²) in [6, 6.07) is 8.77. The first kappa shape index (κ1) is 21.9. The monoisotopic (exact) mass is 456 g/mol. The zero-order valence-corrected chi connectivity index (χ0v) is 18.9. The Balaban J connectivity index is 1.44. The van der Waals surface area contributed by atoms with Crippen molar-refractivity contribution in [1.29, 1.82) is 0 Å². The van der Waals surface area contributed by atoms with Crippen molar-refractivity contribution >= 4 is 34.5 Å². The minimum Gasteiger partial charge on any atom is -0.461 e. The van der Waals surface area contributed by atoms with Crippen molar-refractivity contribution in [2.45, 2.75) is 25.2 Å². The number of amides is 1. The number of nitrogens with one attached hydrogen (secondary N) is 1. The number of thioether (sulfide) groups is 1. The van der Waals surface area contributed by atoms with E-state index in [0.29, 0.717) is 53.2 Å². The zero-order chi connectivity index (χ0) is 22.7. The van der Waals surface area contributed by atoms with Crippen molar-refractivity contribution in [2.75, 3.05) is 31.7 Å². The van der Waals surface area contributed by atoms with Crippen molar-refractivity contribution in [3.05, 3.63) is 47.1 Å². The van der Waals surface area contributed by atoms with Crippen LogP contribution in [0.3, 0.4) is 0 Å². The molecule has 4 rings (SSSR count). The fourth-order valence-electron chi connectivity index (χ4n) is 3.25. The molecular weight excluding hydrogens is 432 g/mol. The lowest BCUT2D eigenvalue weighted by molar-refractivity contribution is -0.113. The SMILES string of the molecule is CCn1c(SCC(=O)Nc2ccc3oc(=O)n(CCN(C)C)c3c2)nnc1-c1ccco1. The van der Waals surface area contributed by atoms with Crippen LogP contribution in [0.1, 0.15) is 6.92 Å². The molecule has 0 radical (unpaired) electrons. The van der Waals surface area contributed by atoms with Gasteiger partial charge in [0.2, 0.25) is 5.91 Å². The zero-order valence-electron chi connectivity index (χ0n) is 18.1. The molecule has 10 nitrogen and oxygen atoms in total. The predicted octanol–water partition coefficient (Wildman–Crippen LogP) is 2.76. The number of nitrogens with zero attached hydrogens (tertiary/aromatic N) is 5. The molecule has 0 fully saturated rings. The largest absolute Gasteiger partial charge is 0.461 e. The van der Waals surface area contributed by atoms with E-state index in [0.717, 1.165) is 0 Å². The van der Waals surface area contributed by atoms with Crippen LogP contribution in [-0.2, 0) is 17.9 Å². The van der Waals surface area contributed by atoms with Gasteiger partial charge in [-0.25, -0.2) is 4.79 Å². The van der Waals surface area contributed by atoms with Gasteiger partial charge in [0.25, 0.3) is 0 Å². The van der Waals surface area contributed by atoms with Crippen LogP contribution in [-0.4, -0.2) is 56.5 Å². The van der Waals surface area contributed by atoms with E-state index in [1.54, 1.807) is 35.1 Å². The van der Waals surface area contributed by atoms with Gasteiger partial charge >= 0.3 is 5.76 Å². The second-order valence-electron chi connectivity index (χ2n) is 7.37. The third kappa shape index (κ3) is 4.63. The summed E-state index contributed by atoms with van der Waals surface area (Å²) < 4.78 is 14.2. The second kappa shape index (κ2) is 9.45. The van der Waals surface area contributed by atoms with Gasteiger partial charge in [0.05, 0.1) is 17.5 Å². The summed E-state index contributed by atoms with van der Waals surface area (Å²) in [4.78, 5) is 26.7. The van der Waals surface area contributed by atoms with Crippen molar-refractivity contribution in [1.82, 2.24) is 24.2 Å². The van der Waals surface area contributed by atoms with Crippen LogP contribution in [0.15, 0.2) is 55.4 Å². The van der Waals surface area contributed by atoms with Crippen LogP contribution in [0.25, 0.3) is 22.7 Å². The minimum atomic E-state index is -0.410. The predicted molar refractivity (Wildman–Crippen MR) is 122 cm³/mol. The van der Waals surface area contributed by atoms with Crippen LogP contribution in [0, 0.1) is 0 Å². The van der Waals surface area contributed by atoms with Gasteiger partial charge < -0.3 is 19.1 Å². The molecule has 168 valence electrons. The molecule has 1 amide bonds. The molecule has 0 aliphatic carbocycles.